The van der Waals surface area contributed by atoms with Gasteiger partial charge in [0.1, 0.15) is 23.5 Å². The lowest BCUT2D eigenvalue weighted by atomic mass is 9.91. The van der Waals surface area contributed by atoms with Gasteiger partial charge in [0.25, 0.3) is 0 Å². The third-order valence-electron chi connectivity index (χ3n) is 5.01. The fraction of sp³-hybridized carbons (Fsp3) is 0.417. The number of aromatic carboxylic acids is 1. The molecule has 1 aliphatic rings. The number of benzene rings is 2. The average Bonchev–Trinajstić information content (AvgIpc) is 2.64. The summed E-state index contributed by atoms with van der Waals surface area (Å²) in [6.45, 7) is 6.10. The van der Waals surface area contributed by atoms with E-state index in [-0.39, 0.29) is 24.3 Å². The highest BCUT2D eigenvalue weighted by Crippen LogP contribution is 2.29. The molecule has 6 heteroatoms. The van der Waals surface area contributed by atoms with Crippen LogP contribution < -0.4 is 4.74 Å². The van der Waals surface area contributed by atoms with Crippen LogP contribution >= 0.6 is 0 Å². The summed E-state index contributed by atoms with van der Waals surface area (Å²) in [5.74, 6) is -0.755. The van der Waals surface area contributed by atoms with E-state index >= 15 is 0 Å². The van der Waals surface area contributed by atoms with Crippen molar-refractivity contribution in [1.29, 1.82) is 0 Å². The molecule has 0 heterocycles. The molecule has 0 radical (unpaired) electrons. The SMILES string of the molecule is CC(C)(C)OC(=O)N(Cc1ccc(OCc2ccccc2)c(C(=O)O)c1)C1CCC1. The monoisotopic (exact) mass is 411 g/mol. The zero-order valence-electron chi connectivity index (χ0n) is 17.8. The highest BCUT2D eigenvalue weighted by molar-refractivity contribution is 5.91. The van der Waals surface area contributed by atoms with Crippen LogP contribution in [0, 0.1) is 0 Å². The van der Waals surface area contributed by atoms with E-state index in [0.717, 1.165) is 30.4 Å². The molecule has 0 spiro atoms. The Bertz CT molecular complexity index is 884. The van der Waals surface area contributed by atoms with Crippen molar-refractivity contribution in [1.82, 2.24) is 4.90 Å². The van der Waals surface area contributed by atoms with Gasteiger partial charge in [0.05, 0.1) is 0 Å². The minimum absolute atomic E-state index is 0.0844. The van der Waals surface area contributed by atoms with Gasteiger partial charge in [-0.25, -0.2) is 9.59 Å². The predicted molar refractivity (Wildman–Crippen MR) is 114 cm³/mol. The van der Waals surface area contributed by atoms with Crippen molar-refractivity contribution in [3.63, 3.8) is 0 Å². The third kappa shape index (κ3) is 5.75. The Labute approximate surface area is 177 Å². The van der Waals surface area contributed by atoms with E-state index in [1.165, 1.54) is 0 Å². The second kappa shape index (κ2) is 9.20. The van der Waals surface area contributed by atoms with Crippen molar-refractivity contribution in [2.24, 2.45) is 0 Å². The van der Waals surface area contributed by atoms with Crippen molar-refractivity contribution in [3.8, 4) is 5.75 Å². The Balaban J connectivity index is 1.76. The molecule has 2 aromatic carbocycles. The molecule has 160 valence electrons. The van der Waals surface area contributed by atoms with Gasteiger partial charge in [-0.05, 0) is 63.3 Å². The number of amides is 1. The zero-order valence-corrected chi connectivity index (χ0v) is 17.8. The Morgan fingerprint density at radius 1 is 1.07 bits per heavy atom. The first-order valence-corrected chi connectivity index (χ1v) is 10.3. The molecule has 3 rings (SSSR count). The average molecular weight is 411 g/mol. The van der Waals surface area contributed by atoms with Crippen LogP contribution in [0.2, 0.25) is 0 Å². The molecular formula is C24H29NO5. The van der Waals surface area contributed by atoms with Crippen molar-refractivity contribution < 1.29 is 24.2 Å². The fourth-order valence-corrected chi connectivity index (χ4v) is 3.26. The molecule has 0 atom stereocenters. The lowest BCUT2D eigenvalue weighted by molar-refractivity contribution is 0.00461. The number of carbonyl (C=O) groups excluding carboxylic acids is 1. The van der Waals surface area contributed by atoms with Crippen molar-refractivity contribution in [2.45, 2.75) is 64.8 Å². The van der Waals surface area contributed by atoms with E-state index in [2.05, 4.69) is 0 Å². The third-order valence-corrected chi connectivity index (χ3v) is 5.01. The van der Waals surface area contributed by atoms with Crippen molar-refractivity contribution in [2.75, 3.05) is 0 Å². The summed E-state index contributed by atoms with van der Waals surface area (Å²) in [7, 11) is 0. The number of carboxylic acids is 1. The molecule has 0 saturated heterocycles. The lowest BCUT2D eigenvalue weighted by Gasteiger charge is -2.38. The lowest BCUT2D eigenvalue weighted by Crippen LogP contribution is -2.46. The van der Waals surface area contributed by atoms with Crippen LogP contribution in [0.5, 0.6) is 5.75 Å². The van der Waals surface area contributed by atoms with Gasteiger partial charge in [-0.1, -0.05) is 36.4 Å². The quantitative estimate of drug-likeness (QED) is 0.673. The first kappa shape index (κ1) is 21.7. The smallest absolute Gasteiger partial charge is 0.410 e. The highest BCUT2D eigenvalue weighted by Gasteiger charge is 2.32. The van der Waals surface area contributed by atoms with E-state index in [1.807, 2.05) is 57.2 Å². The van der Waals surface area contributed by atoms with E-state index in [4.69, 9.17) is 9.47 Å². The van der Waals surface area contributed by atoms with Gasteiger partial charge in [-0.15, -0.1) is 0 Å². The van der Waals surface area contributed by atoms with E-state index < -0.39 is 11.6 Å². The molecule has 6 nitrogen and oxygen atoms in total. The number of carbonyl (C=O) groups is 2. The molecule has 1 fully saturated rings. The van der Waals surface area contributed by atoms with E-state index in [9.17, 15) is 14.7 Å². The largest absolute Gasteiger partial charge is 0.488 e. The summed E-state index contributed by atoms with van der Waals surface area (Å²) in [6, 6.07) is 14.8. The molecule has 0 unspecified atom stereocenters. The maximum Gasteiger partial charge on any atom is 0.410 e. The minimum atomic E-state index is -1.06. The van der Waals surface area contributed by atoms with Crippen LogP contribution in [0.25, 0.3) is 0 Å². The summed E-state index contributed by atoms with van der Waals surface area (Å²) in [6.07, 6.45) is 2.58. The summed E-state index contributed by atoms with van der Waals surface area (Å²) >= 11 is 0. The van der Waals surface area contributed by atoms with Crippen LogP contribution in [0.15, 0.2) is 48.5 Å². The number of rotatable bonds is 7. The first-order chi connectivity index (χ1) is 14.2. The van der Waals surface area contributed by atoms with E-state index in [0.29, 0.717) is 12.3 Å². The maximum absolute atomic E-state index is 12.7. The summed E-state index contributed by atoms with van der Waals surface area (Å²) in [5.41, 5.74) is 1.19. The molecule has 1 amide bonds. The molecule has 0 aromatic heterocycles. The van der Waals surface area contributed by atoms with Crippen LogP contribution in [-0.4, -0.2) is 33.7 Å². The summed E-state index contributed by atoms with van der Waals surface area (Å²) < 4.78 is 11.3. The van der Waals surface area contributed by atoms with Gasteiger partial charge < -0.3 is 19.5 Å². The van der Waals surface area contributed by atoms with E-state index in [1.54, 1.807) is 17.0 Å². The van der Waals surface area contributed by atoms with Crippen LogP contribution in [0.3, 0.4) is 0 Å². The van der Waals surface area contributed by atoms with Crippen LogP contribution in [0.1, 0.15) is 61.5 Å². The number of nitrogens with zero attached hydrogens (tertiary/aromatic N) is 1. The minimum Gasteiger partial charge on any atom is -0.488 e. The summed E-state index contributed by atoms with van der Waals surface area (Å²) in [4.78, 5) is 26.2. The molecule has 2 aromatic rings. The highest BCUT2D eigenvalue weighted by atomic mass is 16.6. The predicted octanol–water partition coefficient (Wildman–Crippen LogP) is 5.25. The van der Waals surface area contributed by atoms with Gasteiger partial charge in [0, 0.05) is 12.6 Å². The Morgan fingerprint density at radius 2 is 1.77 bits per heavy atom. The Kier molecular flexibility index (Phi) is 6.65. The molecule has 30 heavy (non-hydrogen) atoms. The molecule has 1 aliphatic carbocycles. The van der Waals surface area contributed by atoms with Crippen LogP contribution in [-0.2, 0) is 17.9 Å². The Morgan fingerprint density at radius 3 is 2.33 bits per heavy atom. The number of ether oxygens (including phenoxy) is 2. The van der Waals surface area contributed by atoms with Gasteiger partial charge in [0.2, 0.25) is 0 Å². The van der Waals surface area contributed by atoms with Crippen molar-refractivity contribution >= 4 is 12.1 Å². The number of carboxylic acid groups (broad SMARTS) is 1. The van der Waals surface area contributed by atoms with Gasteiger partial charge >= 0.3 is 12.1 Å². The molecule has 1 saturated carbocycles. The molecular weight excluding hydrogens is 382 g/mol. The van der Waals surface area contributed by atoms with Gasteiger partial charge in [-0.3, -0.25) is 0 Å². The summed E-state index contributed by atoms with van der Waals surface area (Å²) in [5, 5.41) is 9.66. The standard InChI is InChI=1S/C24H29NO5/c1-24(2,3)30-23(28)25(19-10-7-11-19)15-18-12-13-21(20(14-18)22(26)27)29-16-17-8-5-4-6-9-17/h4-6,8-9,12-14,19H,7,10-11,15-16H2,1-3H3,(H,26,27). The topological polar surface area (TPSA) is 76.1 Å². The molecule has 1 N–H and O–H groups in total. The molecule has 0 aliphatic heterocycles. The molecule has 0 bridgehead atoms. The van der Waals surface area contributed by atoms with Gasteiger partial charge in [0.15, 0.2) is 0 Å². The normalized spacial score (nSPS) is 14.0. The first-order valence-electron chi connectivity index (χ1n) is 10.3. The second-order valence-corrected chi connectivity index (χ2v) is 8.60. The van der Waals surface area contributed by atoms with Crippen LogP contribution in [0.4, 0.5) is 4.79 Å². The zero-order chi connectivity index (χ0) is 21.7. The fourth-order valence-electron chi connectivity index (χ4n) is 3.26. The maximum atomic E-state index is 12.7. The van der Waals surface area contributed by atoms with Crippen molar-refractivity contribution in [3.05, 3.63) is 65.2 Å². The second-order valence-electron chi connectivity index (χ2n) is 8.60. The Hall–Kier alpha value is -3.02. The number of hydrogen-bond acceptors (Lipinski definition) is 4. The number of hydrogen-bond donors (Lipinski definition) is 1. The van der Waals surface area contributed by atoms with Gasteiger partial charge in [-0.2, -0.15) is 0 Å².